The van der Waals surface area contributed by atoms with Crippen molar-refractivity contribution in [2.45, 2.75) is 18.9 Å². The molecule has 4 nitrogen and oxygen atoms in total. The summed E-state index contributed by atoms with van der Waals surface area (Å²) in [6.07, 6.45) is 1.35. The van der Waals surface area contributed by atoms with Crippen molar-refractivity contribution in [3.63, 3.8) is 0 Å². The van der Waals surface area contributed by atoms with Crippen molar-refractivity contribution in [2.24, 2.45) is 11.5 Å². The van der Waals surface area contributed by atoms with Crippen LogP contribution in [0.1, 0.15) is 12.0 Å². The summed E-state index contributed by atoms with van der Waals surface area (Å²) in [6, 6.07) is 9.26. The maximum absolute atomic E-state index is 11.5. The normalized spacial score (nSPS) is 12.1. The van der Waals surface area contributed by atoms with Crippen LogP contribution in [-0.4, -0.2) is 25.0 Å². The summed E-state index contributed by atoms with van der Waals surface area (Å²) >= 11 is 0. The molecule has 1 atom stereocenters. The van der Waals surface area contributed by atoms with E-state index in [4.69, 9.17) is 11.5 Å². The molecule has 16 heavy (non-hydrogen) atoms. The van der Waals surface area contributed by atoms with Gasteiger partial charge in [-0.3, -0.25) is 4.79 Å². The summed E-state index contributed by atoms with van der Waals surface area (Å²) in [6.45, 7) is 1.17. The van der Waals surface area contributed by atoms with Crippen LogP contribution in [-0.2, 0) is 11.2 Å². The highest BCUT2D eigenvalue weighted by molar-refractivity contribution is 5.81. The van der Waals surface area contributed by atoms with E-state index < -0.39 is 6.04 Å². The van der Waals surface area contributed by atoms with E-state index in [1.165, 1.54) is 0 Å². The predicted molar refractivity (Wildman–Crippen MR) is 64.8 cm³/mol. The summed E-state index contributed by atoms with van der Waals surface area (Å²) in [5.74, 6) is -0.114. The van der Waals surface area contributed by atoms with E-state index in [0.717, 1.165) is 12.0 Å². The highest BCUT2D eigenvalue weighted by Crippen LogP contribution is 2.01. The molecule has 1 amide bonds. The van der Waals surface area contributed by atoms with Crippen LogP contribution < -0.4 is 16.8 Å². The number of nitrogens with two attached hydrogens (primary N) is 2. The number of rotatable bonds is 6. The van der Waals surface area contributed by atoms with Gasteiger partial charge in [0.25, 0.3) is 0 Å². The van der Waals surface area contributed by atoms with Crippen molar-refractivity contribution in [1.29, 1.82) is 0 Å². The molecule has 0 fully saturated rings. The second kappa shape index (κ2) is 6.98. The van der Waals surface area contributed by atoms with E-state index >= 15 is 0 Å². The first-order valence-corrected chi connectivity index (χ1v) is 5.51. The van der Waals surface area contributed by atoms with Crippen LogP contribution in [0, 0.1) is 0 Å². The molecule has 0 aliphatic carbocycles. The van der Waals surface area contributed by atoms with Gasteiger partial charge in [0.1, 0.15) is 0 Å². The maximum atomic E-state index is 11.5. The molecule has 0 saturated heterocycles. The molecule has 1 unspecified atom stereocenters. The van der Waals surface area contributed by atoms with Crippen molar-refractivity contribution in [3.8, 4) is 0 Å². The Hall–Kier alpha value is -1.39. The minimum absolute atomic E-state index is 0.114. The number of carbonyl (C=O) groups excluding carboxylic acids is 1. The van der Waals surface area contributed by atoms with Crippen LogP contribution in [0.2, 0.25) is 0 Å². The molecular formula is C12H19N3O. The van der Waals surface area contributed by atoms with E-state index in [9.17, 15) is 4.79 Å². The smallest absolute Gasteiger partial charge is 0.237 e. The molecule has 0 heterocycles. The molecule has 1 aromatic rings. The van der Waals surface area contributed by atoms with Gasteiger partial charge in [0, 0.05) is 6.54 Å². The molecule has 0 saturated carbocycles. The third-order valence-electron chi connectivity index (χ3n) is 2.32. The topological polar surface area (TPSA) is 81.1 Å². The first kappa shape index (κ1) is 12.7. The van der Waals surface area contributed by atoms with Crippen molar-refractivity contribution < 1.29 is 4.79 Å². The predicted octanol–water partition coefficient (Wildman–Crippen LogP) is 0.0214. The summed E-state index contributed by atoms with van der Waals surface area (Å²) in [5.41, 5.74) is 12.2. The minimum Gasteiger partial charge on any atom is -0.355 e. The monoisotopic (exact) mass is 221 g/mol. The molecule has 4 heteroatoms. The zero-order valence-electron chi connectivity index (χ0n) is 9.36. The van der Waals surface area contributed by atoms with Crippen LogP contribution in [0.4, 0.5) is 0 Å². The zero-order valence-corrected chi connectivity index (χ0v) is 9.36. The number of amides is 1. The van der Waals surface area contributed by atoms with Gasteiger partial charge >= 0.3 is 0 Å². The average molecular weight is 221 g/mol. The third kappa shape index (κ3) is 4.42. The molecule has 1 aromatic carbocycles. The Morgan fingerprint density at radius 2 is 2.00 bits per heavy atom. The Morgan fingerprint density at radius 3 is 2.62 bits per heavy atom. The number of benzene rings is 1. The molecule has 0 aromatic heterocycles. The summed E-state index contributed by atoms with van der Waals surface area (Å²) in [5, 5.41) is 2.76. The first-order valence-electron chi connectivity index (χ1n) is 5.51. The standard InChI is InChI=1S/C12H19N3O/c13-7-4-8-15-12(16)11(14)9-10-5-2-1-3-6-10/h1-3,5-6,11H,4,7-9,13-14H2,(H,15,16). The van der Waals surface area contributed by atoms with Gasteiger partial charge in [0.15, 0.2) is 0 Å². The lowest BCUT2D eigenvalue weighted by atomic mass is 10.1. The van der Waals surface area contributed by atoms with Crippen molar-refractivity contribution in [3.05, 3.63) is 35.9 Å². The van der Waals surface area contributed by atoms with Crippen LogP contribution in [0.3, 0.4) is 0 Å². The van der Waals surface area contributed by atoms with Crippen molar-refractivity contribution in [2.75, 3.05) is 13.1 Å². The highest BCUT2D eigenvalue weighted by atomic mass is 16.2. The molecule has 1 rings (SSSR count). The minimum atomic E-state index is -0.486. The lowest BCUT2D eigenvalue weighted by Crippen LogP contribution is -2.42. The average Bonchev–Trinajstić information content (AvgIpc) is 2.30. The lowest BCUT2D eigenvalue weighted by Gasteiger charge is -2.11. The van der Waals surface area contributed by atoms with E-state index in [1.807, 2.05) is 30.3 Å². The van der Waals surface area contributed by atoms with E-state index in [0.29, 0.717) is 19.5 Å². The molecule has 0 spiro atoms. The van der Waals surface area contributed by atoms with Crippen LogP contribution in [0.5, 0.6) is 0 Å². The van der Waals surface area contributed by atoms with Gasteiger partial charge in [-0.05, 0) is 24.9 Å². The lowest BCUT2D eigenvalue weighted by molar-refractivity contribution is -0.122. The molecule has 0 aliphatic heterocycles. The number of nitrogens with one attached hydrogen (secondary N) is 1. The van der Waals surface area contributed by atoms with Gasteiger partial charge in [0.05, 0.1) is 6.04 Å². The van der Waals surface area contributed by atoms with Crippen molar-refractivity contribution in [1.82, 2.24) is 5.32 Å². The fourth-order valence-corrected chi connectivity index (χ4v) is 1.41. The fourth-order valence-electron chi connectivity index (χ4n) is 1.41. The Morgan fingerprint density at radius 1 is 1.31 bits per heavy atom. The summed E-state index contributed by atoms with van der Waals surface area (Å²) in [7, 11) is 0. The van der Waals surface area contributed by atoms with Gasteiger partial charge in [-0.2, -0.15) is 0 Å². The zero-order chi connectivity index (χ0) is 11.8. The largest absolute Gasteiger partial charge is 0.355 e. The Balaban J connectivity index is 2.34. The third-order valence-corrected chi connectivity index (χ3v) is 2.32. The van der Waals surface area contributed by atoms with E-state index in [2.05, 4.69) is 5.32 Å². The van der Waals surface area contributed by atoms with Crippen LogP contribution in [0.25, 0.3) is 0 Å². The summed E-state index contributed by atoms with van der Waals surface area (Å²) < 4.78 is 0. The van der Waals surface area contributed by atoms with E-state index in [1.54, 1.807) is 0 Å². The molecule has 0 radical (unpaired) electrons. The van der Waals surface area contributed by atoms with E-state index in [-0.39, 0.29) is 5.91 Å². The molecule has 0 aliphatic rings. The molecule has 88 valence electrons. The van der Waals surface area contributed by atoms with Gasteiger partial charge in [0.2, 0.25) is 5.91 Å². The number of hydrogen-bond acceptors (Lipinski definition) is 3. The number of hydrogen-bond donors (Lipinski definition) is 3. The molecular weight excluding hydrogens is 202 g/mol. The molecule has 0 bridgehead atoms. The number of carbonyl (C=O) groups is 1. The second-order valence-corrected chi connectivity index (χ2v) is 3.73. The van der Waals surface area contributed by atoms with Crippen LogP contribution in [0.15, 0.2) is 30.3 Å². The first-order chi connectivity index (χ1) is 7.74. The van der Waals surface area contributed by atoms with Crippen LogP contribution >= 0.6 is 0 Å². The quantitative estimate of drug-likeness (QED) is 0.592. The van der Waals surface area contributed by atoms with Gasteiger partial charge in [-0.25, -0.2) is 0 Å². The Bertz CT molecular complexity index is 313. The maximum Gasteiger partial charge on any atom is 0.237 e. The highest BCUT2D eigenvalue weighted by Gasteiger charge is 2.12. The summed E-state index contributed by atoms with van der Waals surface area (Å²) in [4.78, 5) is 11.5. The SMILES string of the molecule is NCCCNC(=O)C(N)Cc1ccccc1. The molecule has 5 N–H and O–H groups in total. The van der Waals surface area contributed by atoms with Crippen molar-refractivity contribution >= 4 is 5.91 Å². The Kier molecular flexibility index (Phi) is 5.53. The van der Waals surface area contributed by atoms with Gasteiger partial charge < -0.3 is 16.8 Å². The Labute approximate surface area is 96.0 Å². The fraction of sp³-hybridized carbons (Fsp3) is 0.417. The van der Waals surface area contributed by atoms with Gasteiger partial charge in [-0.15, -0.1) is 0 Å². The second-order valence-electron chi connectivity index (χ2n) is 3.73. The van der Waals surface area contributed by atoms with Gasteiger partial charge in [-0.1, -0.05) is 30.3 Å².